The number of rotatable bonds is 1. The van der Waals surface area contributed by atoms with Gasteiger partial charge in [0.2, 0.25) is 0 Å². The summed E-state index contributed by atoms with van der Waals surface area (Å²) >= 11 is 6.00. The number of aromatic amines is 1. The summed E-state index contributed by atoms with van der Waals surface area (Å²) in [5, 5.41) is 1.27. The van der Waals surface area contributed by atoms with Crippen LogP contribution in [0.15, 0.2) is 42.8 Å². The van der Waals surface area contributed by atoms with Crippen LogP contribution in [0.1, 0.15) is 12.0 Å². The van der Waals surface area contributed by atoms with Gasteiger partial charge in [0, 0.05) is 23.3 Å². The first-order valence-corrected chi connectivity index (χ1v) is 5.72. The molecule has 16 heavy (non-hydrogen) atoms. The van der Waals surface area contributed by atoms with Crippen LogP contribution in [-0.4, -0.2) is 15.3 Å². The summed E-state index contributed by atoms with van der Waals surface area (Å²) in [6.07, 6.45) is 10.9. The smallest absolute Gasteiger partial charge is 0.137 e. The molecule has 1 aliphatic rings. The third-order valence-electron chi connectivity index (χ3n) is 2.78. The molecule has 0 bridgehead atoms. The number of H-pyrrole nitrogens is 1. The lowest BCUT2D eigenvalue weighted by molar-refractivity contribution is 1.05. The van der Waals surface area contributed by atoms with Crippen LogP contribution in [0.4, 0.5) is 0 Å². The standard InChI is InChI=1S/C13H11ClN2/c14-12-3-1-9(2-4-12)11-7-10-5-6-15-13(10)16-8-11/h1-3,5-8,12H,4H2,(H,15,16). The fraction of sp³-hybridized carbons (Fsp3) is 0.154. The molecule has 0 amide bonds. The topological polar surface area (TPSA) is 28.7 Å². The fourth-order valence-electron chi connectivity index (χ4n) is 1.91. The van der Waals surface area contributed by atoms with Gasteiger partial charge in [0.15, 0.2) is 0 Å². The van der Waals surface area contributed by atoms with Crippen LogP contribution in [0.3, 0.4) is 0 Å². The summed E-state index contributed by atoms with van der Waals surface area (Å²) in [6, 6.07) is 4.17. The van der Waals surface area contributed by atoms with Crippen LogP contribution in [-0.2, 0) is 0 Å². The van der Waals surface area contributed by atoms with Crippen molar-refractivity contribution in [3.05, 3.63) is 48.3 Å². The highest BCUT2D eigenvalue weighted by molar-refractivity contribution is 6.22. The summed E-state index contributed by atoms with van der Waals surface area (Å²) in [5.41, 5.74) is 3.28. The van der Waals surface area contributed by atoms with E-state index in [1.165, 1.54) is 5.57 Å². The molecule has 0 radical (unpaired) electrons. The normalized spacial score (nSPS) is 20.1. The maximum Gasteiger partial charge on any atom is 0.137 e. The second-order valence-corrected chi connectivity index (χ2v) is 4.47. The van der Waals surface area contributed by atoms with Gasteiger partial charge in [-0.3, -0.25) is 0 Å². The summed E-state index contributed by atoms with van der Waals surface area (Å²) in [5.74, 6) is 0. The van der Waals surface area contributed by atoms with E-state index in [0.717, 1.165) is 23.0 Å². The minimum absolute atomic E-state index is 0.132. The molecular formula is C13H11ClN2. The Balaban J connectivity index is 2.03. The Bertz CT molecular complexity index is 580. The number of fused-ring (bicyclic) bond motifs is 1. The zero-order valence-corrected chi connectivity index (χ0v) is 9.41. The summed E-state index contributed by atoms with van der Waals surface area (Å²) in [7, 11) is 0. The molecule has 1 N–H and O–H groups in total. The Morgan fingerprint density at radius 2 is 2.38 bits per heavy atom. The fourth-order valence-corrected chi connectivity index (χ4v) is 2.07. The van der Waals surface area contributed by atoms with E-state index in [2.05, 4.69) is 28.2 Å². The lowest BCUT2D eigenvalue weighted by Crippen LogP contribution is -1.97. The van der Waals surface area contributed by atoms with Gasteiger partial charge in [-0.2, -0.15) is 0 Å². The monoisotopic (exact) mass is 230 g/mol. The van der Waals surface area contributed by atoms with E-state index < -0.39 is 0 Å². The van der Waals surface area contributed by atoms with E-state index in [1.54, 1.807) is 0 Å². The Labute approximate surface area is 98.6 Å². The van der Waals surface area contributed by atoms with Gasteiger partial charge in [-0.25, -0.2) is 4.98 Å². The molecule has 2 aromatic heterocycles. The molecule has 80 valence electrons. The van der Waals surface area contributed by atoms with Crippen LogP contribution < -0.4 is 0 Å². The van der Waals surface area contributed by atoms with Crippen LogP contribution in [0.25, 0.3) is 16.6 Å². The average molecular weight is 231 g/mol. The van der Waals surface area contributed by atoms with Gasteiger partial charge in [-0.05, 0) is 24.1 Å². The molecule has 1 unspecified atom stereocenters. The molecule has 0 fully saturated rings. The van der Waals surface area contributed by atoms with Gasteiger partial charge in [-0.15, -0.1) is 11.6 Å². The number of aromatic nitrogens is 2. The van der Waals surface area contributed by atoms with Crippen LogP contribution >= 0.6 is 11.6 Å². The zero-order valence-electron chi connectivity index (χ0n) is 8.65. The number of pyridine rings is 1. The van der Waals surface area contributed by atoms with Crippen molar-refractivity contribution in [1.82, 2.24) is 9.97 Å². The summed E-state index contributed by atoms with van der Waals surface area (Å²) < 4.78 is 0. The second-order valence-electron chi connectivity index (χ2n) is 3.91. The van der Waals surface area contributed by atoms with Crippen molar-refractivity contribution in [3.63, 3.8) is 0 Å². The van der Waals surface area contributed by atoms with Crippen molar-refractivity contribution < 1.29 is 0 Å². The van der Waals surface area contributed by atoms with Crippen molar-refractivity contribution in [1.29, 1.82) is 0 Å². The molecule has 3 rings (SSSR count). The minimum atomic E-state index is 0.132. The molecule has 0 spiro atoms. The SMILES string of the molecule is ClC1C=CC(c2cnc3[nH]ccc3c2)=CC1. The van der Waals surface area contributed by atoms with Crippen LogP contribution in [0.5, 0.6) is 0 Å². The van der Waals surface area contributed by atoms with Gasteiger partial charge >= 0.3 is 0 Å². The Morgan fingerprint density at radius 3 is 3.19 bits per heavy atom. The Kier molecular flexibility index (Phi) is 2.29. The maximum absolute atomic E-state index is 6.00. The van der Waals surface area contributed by atoms with Crippen molar-refractivity contribution in [2.24, 2.45) is 0 Å². The number of allylic oxidation sites excluding steroid dienone is 4. The summed E-state index contributed by atoms with van der Waals surface area (Å²) in [6.45, 7) is 0. The number of nitrogens with zero attached hydrogens (tertiary/aromatic N) is 1. The molecule has 3 heteroatoms. The van der Waals surface area contributed by atoms with E-state index >= 15 is 0 Å². The largest absolute Gasteiger partial charge is 0.346 e. The van der Waals surface area contributed by atoms with Crippen LogP contribution in [0, 0.1) is 0 Å². The molecule has 0 aromatic carbocycles. The van der Waals surface area contributed by atoms with E-state index in [9.17, 15) is 0 Å². The molecule has 2 nitrogen and oxygen atoms in total. The highest BCUT2D eigenvalue weighted by Gasteiger charge is 2.07. The molecule has 0 saturated heterocycles. The number of hydrogen-bond acceptors (Lipinski definition) is 1. The van der Waals surface area contributed by atoms with Gasteiger partial charge < -0.3 is 4.98 Å². The van der Waals surface area contributed by atoms with Crippen molar-refractivity contribution in [2.75, 3.05) is 0 Å². The van der Waals surface area contributed by atoms with Crippen molar-refractivity contribution >= 4 is 28.2 Å². The number of halogens is 1. The van der Waals surface area contributed by atoms with E-state index in [-0.39, 0.29) is 5.38 Å². The maximum atomic E-state index is 6.00. The lowest BCUT2D eigenvalue weighted by atomic mass is 10.0. The third-order valence-corrected chi connectivity index (χ3v) is 3.10. The Morgan fingerprint density at radius 1 is 1.44 bits per heavy atom. The molecular weight excluding hydrogens is 220 g/mol. The molecule has 0 aliphatic heterocycles. The van der Waals surface area contributed by atoms with E-state index in [4.69, 9.17) is 11.6 Å². The molecule has 1 aliphatic carbocycles. The lowest BCUT2D eigenvalue weighted by Gasteiger charge is -2.10. The molecule has 2 aromatic rings. The molecule has 2 heterocycles. The Hall–Kier alpha value is -1.54. The first kappa shape index (κ1) is 9.67. The van der Waals surface area contributed by atoms with Gasteiger partial charge in [0.05, 0.1) is 5.38 Å². The highest BCUT2D eigenvalue weighted by Crippen LogP contribution is 2.24. The first-order valence-electron chi connectivity index (χ1n) is 5.29. The average Bonchev–Trinajstić information content (AvgIpc) is 2.77. The van der Waals surface area contributed by atoms with E-state index in [1.807, 2.05) is 24.5 Å². The number of hydrogen-bond donors (Lipinski definition) is 1. The quantitative estimate of drug-likeness (QED) is 0.747. The van der Waals surface area contributed by atoms with Crippen molar-refractivity contribution in [3.8, 4) is 0 Å². The zero-order chi connectivity index (χ0) is 11.0. The van der Waals surface area contributed by atoms with E-state index in [0.29, 0.717) is 0 Å². The third kappa shape index (κ3) is 1.65. The minimum Gasteiger partial charge on any atom is -0.346 e. The molecule has 1 atom stereocenters. The van der Waals surface area contributed by atoms with Crippen LogP contribution in [0.2, 0.25) is 0 Å². The number of alkyl halides is 1. The first-order chi connectivity index (χ1) is 7.83. The number of nitrogens with one attached hydrogen (secondary N) is 1. The van der Waals surface area contributed by atoms with Crippen molar-refractivity contribution in [2.45, 2.75) is 11.8 Å². The van der Waals surface area contributed by atoms with Gasteiger partial charge in [-0.1, -0.05) is 18.2 Å². The van der Waals surface area contributed by atoms with Gasteiger partial charge in [0.1, 0.15) is 5.65 Å². The predicted molar refractivity (Wildman–Crippen MR) is 67.5 cm³/mol. The molecule has 0 saturated carbocycles. The summed E-state index contributed by atoms with van der Waals surface area (Å²) in [4.78, 5) is 7.46. The predicted octanol–water partition coefficient (Wildman–Crippen LogP) is 3.51. The second kappa shape index (κ2) is 3.80. The highest BCUT2D eigenvalue weighted by atomic mass is 35.5. The van der Waals surface area contributed by atoms with Gasteiger partial charge in [0.25, 0.3) is 0 Å².